The van der Waals surface area contributed by atoms with E-state index in [4.69, 9.17) is 0 Å². The Morgan fingerprint density at radius 2 is 1.79 bits per heavy atom. The maximum absolute atomic E-state index is 14.1. The van der Waals surface area contributed by atoms with Crippen LogP contribution >= 0.6 is 0 Å². The van der Waals surface area contributed by atoms with E-state index < -0.39 is 45.5 Å². The number of hydrogen-bond acceptors (Lipinski definition) is 6. The molecule has 0 unspecified atom stereocenters. The minimum absolute atomic E-state index is 0.0292. The van der Waals surface area contributed by atoms with Gasteiger partial charge in [-0.25, -0.2) is 8.42 Å². The zero-order valence-corrected chi connectivity index (χ0v) is 24.7. The Morgan fingerprint density at radius 3 is 2.44 bits per heavy atom. The maximum Gasteiger partial charge on any atom is 0.246 e. The van der Waals surface area contributed by atoms with E-state index in [9.17, 15) is 22.8 Å². The molecule has 1 aromatic rings. The zero-order chi connectivity index (χ0) is 28.7. The van der Waals surface area contributed by atoms with Crippen molar-refractivity contribution < 1.29 is 22.8 Å². The van der Waals surface area contributed by atoms with Crippen LogP contribution in [0.25, 0.3) is 0 Å². The van der Waals surface area contributed by atoms with Gasteiger partial charge in [-0.3, -0.25) is 14.4 Å². The summed E-state index contributed by atoms with van der Waals surface area (Å²) in [5.41, 5.74) is 1.71. The van der Waals surface area contributed by atoms with Gasteiger partial charge >= 0.3 is 0 Å². The van der Waals surface area contributed by atoms with Crippen molar-refractivity contribution in [3.8, 4) is 0 Å². The van der Waals surface area contributed by atoms with E-state index in [1.54, 1.807) is 18.9 Å². The molecule has 216 valence electrons. The lowest BCUT2D eigenvalue weighted by atomic mass is 9.84. The summed E-state index contributed by atoms with van der Waals surface area (Å²) >= 11 is 0. The highest BCUT2D eigenvalue weighted by molar-refractivity contribution is 7.88. The number of aryl methyl sites for hydroxylation is 1. The molecule has 3 aliphatic rings. The molecule has 2 fully saturated rings. The second kappa shape index (κ2) is 11.2. The number of sulfonamides is 1. The van der Waals surface area contributed by atoms with Crippen molar-refractivity contribution in [2.75, 3.05) is 26.4 Å². The van der Waals surface area contributed by atoms with Gasteiger partial charge in [0.15, 0.2) is 0 Å². The van der Waals surface area contributed by atoms with Crippen molar-refractivity contribution in [2.24, 2.45) is 11.3 Å². The highest BCUT2D eigenvalue weighted by atomic mass is 32.2. The number of rotatable bonds is 7. The first-order chi connectivity index (χ1) is 18.2. The highest BCUT2D eigenvalue weighted by Crippen LogP contribution is 2.39. The van der Waals surface area contributed by atoms with Crippen LogP contribution in [0.3, 0.4) is 0 Å². The van der Waals surface area contributed by atoms with Gasteiger partial charge in [-0.15, -0.1) is 0 Å². The molecule has 0 aromatic heterocycles. The molecule has 4 rings (SSSR count). The van der Waals surface area contributed by atoms with Crippen LogP contribution in [-0.2, 0) is 30.8 Å². The summed E-state index contributed by atoms with van der Waals surface area (Å²) in [5, 5.41) is 8.99. The van der Waals surface area contributed by atoms with Gasteiger partial charge in [0.1, 0.15) is 6.04 Å². The van der Waals surface area contributed by atoms with Crippen LogP contribution < -0.4 is 16.0 Å². The molecule has 0 bridgehead atoms. The molecular formula is C28H43N5O5S. The minimum Gasteiger partial charge on any atom is -0.349 e. The van der Waals surface area contributed by atoms with Gasteiger partial charge in [0.05, 0.1) is 30.3 Å². The second-order valence-corrected chi connectivity index (χ2v) is 14.2. The number of amides is 3. The van der Waals surface area contributed by atoms with Crippen LogP contribution in [0, 0.1) is 11.3 Å². The topological polar surface area (TPSA) is 128 Å². The number of carbonyl (C=O) groups excluding carboxylic acids is 3. The van der Waals surface area contributed by atoms with E-state index in [0.29, 0.717) is 13.0 Å². The number of fused-ring (bicyclic) bond motifs is 2. The molecule has 11 heteroatoms. The third kappa shape index (κ3) is 6.00. The molecular weight excluding hydrogens is 518 g/mol. The predicted octanol–water partition coefficient (Wildman–Crippen LogP) is 1.18. The molecule has 0 spiro atoms. The standard InChI is InChI=1S/C28H43N5O5S/c1-17(29-5)25(34)31-24(28(2,3)4)27(36)32-15-14-22-23(32)20(16-33(22)39(6,37)38)26(35)30-21-13-9-11-18-10-7-8-12-19(18)21/h7-8,10,12,17,20-24,29H,9,11,13-16H2,1-6H3,(H,30,35)(H,31,34)/t17-,20-,21+,22+,23+,24+/m0/s1. The van der Waals surface area contributed by atoms with Crippen molar-refractivity contribution in [1.29, 1.82) is 0 Å². The van der Waals surface area contributed by atoms with E-state index >= 15 is 0 Å². The number of hydrogen-bond donors (Lipinski definition) is 3. The highest BCUT2D eigenvalue weighted by Gasteiger charge is 2.56. The van der Waals surface area contributed by atoms with Gasteiger partial charge in [0, 0.05) is 19.1 Å². The van der Waals surface area contributed by atoms with Gasteiger partial charge in [-0.1, -0.05) is 45.0 Å². The maximum atomic E-state index is 14.1. The smallest absolute Gasteiger partial charge is 0.246 e. The molecule has 2 saturated heterocycles. The van der Waals surface area contributed by atoms with Gasteiger partial charge in [0.25, 0.3) is 0 Å². The summed E-state index contributed by atoms with van der Waals surface area (Å²) in [4.78, 5) is 42.3. The summed E-state index contributed by atoms with van der Waals surface area (Å²) < 4.78 is 26.9. The van der Waals surface area contributed by atoms with Crippen LogP contribution in [0.1, 0.15) is 64.1 Å². The first-order valence-corrected chi connectivity index (χ1v) is 15.7. The number of nitrogens with one attached hydrogen (secondary N) is 3. The molecule has 0 saturated carbocycles. The SMILES string of the molecule is CN[C@@H](C)C(=O)N[C@H](C(=O)N1CC[C@@H]2[C@H]1[C@@H](C(=O)N[C@@H]1CCCc3ccccc31)CN2S(C)(=O)=O)C(C)(C)C. The lowest BCUT2D eigenvalue weighted by molar-refractivity contribution is -0.142. The molecule has 1 aromatic carbocycles. The van der Waals surface area contributed by atoms with E-state index in [-0.39, 0.29) is 30.3 Å². The molecule has 39 heavy (non-hydrogen) atoms. The van der Waals surface area contributed by atoms with Gasteiger partial charge in [-0.05, 0) is 56.2 Å². The van der Waals surface area contributed by atoms with Crippen molar-refractivity contribution in [1.82, 2.24) is 25.2 Å². The number of nitrogens with zero attached hydrogens (tertiary/aromatic N) is 2. The summed E-state index contributed by atoms with van der Waals surface area (Å²) in [7, 11) is -1.92. The molecule has 1 aliphatic carbocycles. The van der Waals surface area contributed by atoms with E-state index in [0.717, 1.165) is 31.1 Å². The number of likely N-dealkylation sites (tertiary alicyclic amines) is 1. The minimum atomic E-state index is -3.60. The van der Waals surface area contributed by atoms with Crippen molar-refractivity contribution in [3.63, 3.8) is 0 Å². The Bertz CT molecular complexity index is 1210. The van der Waals surface area contributed by atoms with Gasteiger partial charge in [0.2, 0.25) is 27.7 Å². The average Bonchev–Trinajstić information content (AvgIpc) is 3.46. The van der Waals surface area contributed by atoms with Crippen LogP contribution in [-0.4, -0.2) is 85.9 Å². The molecule has 3 N–H and O–H groups in total. The lowest BCUT2D eigenvalue weighted by Gasteiger charge is -2.37. The Kier molecular flexibility index (Phi) is 8.45. The summed E-state index contributed by atoms with van der Waals surface area (Å²) in [6, 6.07) is 5.53. The van der Waals surface area contributed by atoms with Gasteiger partial charge < -0.3 is 20.9 Å². The molecule has 2 heterocycles. The normalized spacial score (nSPS) is 26.9. The van der Waals surface area contributed by atoms with Crippen LogP contribution in [0.5, 0.6) is 0 Å². The van der Waals surface area contributed by atoms with Crippen LogP contribution in [0.4, 0.5) is 0 Å². The fourth-order valence-corrected chi connectivity index (χ4v) is 7.46. The monoisotopic (exact) mass is 561 g/mol. The molecule has 3 amide bonds. The van der Waals surface area contributed by atoms with Crippen molar-refractivity contribution in [2.45, 2.75) is 83.6 Å². The average molecular weight is 562 g/mol. The fourth-order valence-electron chi connectivity index (χ4n) is 6.31. The van der Waals surface area contributed by atoms with Gasteiger partial charge in [-0.2, -0.15) is 4.31 Å². The number of carbonyl (C=O) groups is 3. The van der Waals surface area contributed by atoms with E-state index in [1.165, 1.54) is 9.87 Å². The Balaban J connectivity index is 1.62. The first kappa shape index (κ1) is 29.5. The third-order valence-corrected chi connectivity index (χ3v) is 9.81. The van der Waals surface area contributed by atoms with Crippen LogP contribution in [0.2, 0.25) is 0 Å². The lowest BCUT2D eigenvalue weighted by Crippen LogP contribution is -2.59. The van der Waals surface area contributed by atoms with Crippen molar-refractivity contribution >= 4 is 27.7 Å². The molecule has 2 aliphatic heterocycles. The third-order valence-electron chi connectivity index (χ3n) is 8.54. The Hall–Kier alpha value is -2.50. The Labute approximate surface area is 232 Å². The van der Waals surface area contributed by atoms with Crippen LogP contribution in [0.15, 0.2) is 24.3 Å². The van der Waals surface area contributed by atoms with E-state index in [1.807, 2.05) is 39.0 Å². The number of benzene rings is 1. The second-order valence-electron chi connectivity index (χ2n) is 12.3. The quantitative estimate of drug-likeness (QED) is 0.459. The van der Waals surface area contributed by atoms with Crippen molar-refractivity contribution in [3.05, 3.63) is 35.4 Å². The summed E-state index contributed by atoms with van der Waals surface area (Å²) in [5.74, 6) is -1.53. The summed E-state index contributed by atoms with van der Waals surface area (Å²) in [6.45, 7) is 7.72. The molecule has 0 radical (unpaired) electrons. The first-order valence-electron chi connectivity index (χ1n) is 13.9. The van der Waals surface area contributed by atoms with E-state index in [2.05, 4.69) is 22.0 Å². The fraction of sp³-hybridized carbons (Fsp3) is 0.679. The molecule has 6 atom stereocenters. The largest absolute Gasteiger partial charge is 0.349 e. The molecule has 10 nitrogen and oxygen atoms in total. The predicted molar refractivity (Wildman–Crippen MR) is 149 cm³/mol. The number of likely N-dealkylation sites (N-methyl/N-ethyl adjacent to an activating group) is 1. The Morgan fingerprint density at radius 1 is 1.10 bits per heavy atom. The zero-order valence-electron chi connectivity index (χ0n) is 23.9. The summed E-state index contributed by atoms with van der Waals surface area (Å²) in [6.07, 6.45) is 4.33.